The van der Waals surface area contributed by atoms with Gasteiger partial charge in [0.1, 0.15) is 5.82 Å². The third kappa shape index (κ3) is 6.69. The molecule has 0 fully saturated rings. The van der Waals surface area contributed by atoms with Crippen molar-refractivity contribution in [2.45, 2.75) is 38.8 Å². The van der Waals surface area contributed by atoms with Crippen LogP contribution in [0.3, 0.4) is 0 Å². The fraction of sp³-hybridized carbons (Fsp3) is 0.333. The standard InChI is InChI=1S/C27H26F4O6/c1-15(2)20-14-22(36-25(32)34-3)24(37-26(33)35-4)23(17-7-11-19(28)12-8-17)21(20)13-16-5-9-18(10-6-16)27(29,30)31/h5-12,15,23H,13-14H2,1-4H3. The molecule has 0 aromatic heterocycles. The van der Waals surface area contributed by atoms with Gasteiger partial charge in [-0.1, -0.05) is 49.3 Å². The first kappa shape index (κ1) is 27.8. The molecule has 1 unspecified atom stereocenters. The van der Waals surface area contributed by atoms with Gasteiger partial charge in [-0.15, -0.1) is 0 Å². The zero-order valence-electron chi connectivity index (χ0n) is 20.6. The van der Waals surface area contributed by atoms with Crippen LogP contribution >= 0.6 is 0 Å². The van der Waals surface area contributed by atoms with E-state index in [-0.39, 0.29) is 30.3 Å². The predicted octanol–water partition coefficient (Wildman–Crippen LogP) is 7.30. The third-order valence-corrected chi connectivity index (χ3v) is 5.96. The number of hydrogen-bond donors (Lipinski definition) is 0. The topological polar surface area (TPSA) is 71.1 Å². The quantitative estimate of drug-likeness (QED) is 0.225. The smallest absolute Gasteiger partial charge is 0.437 e. The van der Waals surface area contributed by atoms with E-state index in [0.717, 1.165) is 31.9 Å². The lowest BCUT2D eigenvalue weighted by molar-refractivity contribution is -0.137. The molecule has 198 valence electrons. The first-order valence-corrected chi connectivity index (χ1v) is 11.3. The molecule has 0 N–H and O–H groups in total. The van der Waals surface area contributed by atoms with Crippen molar-refractivity contribution in [1.29, 1.82) is 0 Å². The maximum Gasteiger partial charge on any atom is 0.513 e. The summed E-state index contributed by atoms with van der Waals surface area (Å²) in [4.78, 5) is 24.2. The van der Waals surface area contributed by atoms with Crippen LogP contribution in [-0.4, -0.2) is 26.5 Å². The van der Waals surface area contributed by atoms with Gasteiger partial charge in [0.2, 0.25) is 0 Å². The van der Waals surface area contributed by atoms with Crippen LogP contribution in [0.5, 0.6) is 0 Å². The van der Waals surface area contributed by atoms with E-state index in [9.17, 15) is 27.2 Å². The number of alkyl halides is 3. The highest BCUT2D eigenvalue weighted by molar-refractivity contribution is 5.65. The molecule has 0 spiro atoms. The number of hydrogen-bond acceptors (Lipinski definition) is 6. The normalized spacial score (nSPS) is 16.1. The summed E-state index contributed by atoms with van der Waals surface area (Å²) in [7, 11) is 2.23. The van der Waals surface area contributed by atoms with Gasteiger partial charge >= 0.3 is 18.5 Å². The van der Waals surface area contributed by atoms with Crippen LogP contribution in [0.1, 0.15) is 42.9 Å². The van der Waals surface area contributed by atoms with Crippen molar-refractivity contribution < 1.29 is 46.1 Å². The largest absolute Gasteiger partial charge is 0.513 e. The zero-order chi connectivity index (χ0) is 27.3. The molecule has 1 atom stereocenters. The monoisotopic (exact) mass is 522 g/mol. The maximum absolute atomic E-state index is 13.8. The van der Waals surface area contributed by atoms with Gasteiger partial charge in [0, 0.05) is 6.42 Å². The molecule has 37 heavy (non-hydrogen) atoms. The van der Waals surface area contributed by atoms with E-state index in [0.29, 0.717) is 16.7 Å². The Hall–Kier alpha value is -3.82. The zero-order valence-corrected chi connectivity index (χ0v) is 20.6. The van der Waals surface area contributed by atoms with Crippen molar-refractivity contribution >= 4 is 12.3 Å². The molecule has 3 rings (SSSR count). The van der Waals surface area contributed by atoms with Crippen LogP contribution < -0.4 is 0 Å². The predicted molar refractivity (Wildman–Crippen MR) is 125 cm³/mol. The molecule has 0 heterocycles. The van der Waals surface area contributed by atoms with Crippen LogP contribution in [-0.2, 0) is 31.5 Å². The fourth-order valence-electron chi connectivity index (χ4n) is 4.18. The van der Waals surface area contributed by atoms with Crippen molar-refractivity contribution in [3.8, 4) is 0 Å². The van der Waals surface area contributed by atoms with E-state index >= 15 is 0 Å². The van der Waals surface area contributed by atoms with E-state index in [1.165, 1.54) is 36.4 Å². The second kappa shape index (κ2) is 11.5. The summed E-state index contributed by atoms with van der Waals surface area (Å²) in [5.74, 6) is -1.49. The van der Waals surface area contributed by atoms with E-state index < -0.39 is 35.8 Å². The molecular weight excluding hydrogens is 496 g/mol. The molecule has 1 aliphatic rings. The number of ether oxygens (including phenoxy) is 4. The SMILES string of the molecule is COC(=O)OC1=C(OC(=O)OC)C(c2ccc(F)cc2)C(Cc2ccc(C(F)(F)F)cc2)=C(C(C)C)C1. The van der Waals surface area contributed by atoms with E-state index in [1.807, 2.05) is 13.8 Å². The average Bonchev–Trinajstić information content (AvgIpc) is 2.85. The summed E-state index contributed by atoms with van der Waals surface area (Å²) in [5, 5.41) is 0. The highest BCUT2D eigenvalue weighted by Gasteiger charge is 2.37. The van der Waals surface area contributed by atoms with Gasteiger partial charge in [0.05, 0.1) is 25.7 Å². The minimum absolute atomic E-state index is 0.00597. The first-order chi connectivity index (χ1) is 17.4. The molecule has 0 radical (unpaired) electrons. The highest BCUT2D eigenvalue weighted by atomic mass is 19.4. The molecule has 6 nitrogen and oxygen atoms in total. The number of carbonyl (C=O) groups excluding carboxylic acids is 2. The number of methoxy groups -OCH3 is 2. The molecule has 0 aliphatic heterocycles. The van der Waals surface area contributed by atoms with Crippen LogP contribution in [0.15, 0.2) is 71.2 Å². The van der Waals surface area contributed by atoms with Gasteiger partial charge in [-0.2, -0.15) is 13.2 Å². The second-order valence-corrected chi connectivity index (χ2v) is 8.64. The Morgan fingerprint density at radius 2 is 1.49 bits per heavy atom. The number of carbonyl (C=O) groups is 2. The second-order valence-electron chi connectivity index (χ2n) is 8.64. The van der Waals surface area contributed by atoms with Crippen molar-refractivity contribution in [2.75, 3.05) is 14.2 Å². The lowest BCUT2D eigenvalue weighted by atomic mass is 9.75. The molecule has 2 aromatic rings. The van der Waals surface area contributed by atoms with E-state index in [4.69, 9.17) is 9.47 Å². The Bertz CT molecular complexity index is 1190. The third-order valence-electron chi connectivity index (χ3n) is 5.96. The summed E-state index contributed by atoms with van der Waals surface area (Å²) < 4.78 is 73.2. The van der Waals surface area contributed by atoms with Gasteiger partial charge in [0.15, 0.2) is 11.5 Å². The fourth-order valence-corrected chi connectivity index (χ4v) is 4.18. The molecule has 10 heteroatoms. The lowest BCUT2D eigenvalue weighted by Gasteiger charge is -2.33. The average molecular weight is 522 g/mol. The Balaban J connectivity index is 2.19. The minimum atomic E-state index is -4.48. The molecule has 1 aliphatic carbocycles. The summed E-state index contributed by atoms with van der Waals surface area (Å²) in [6.45, 7) is 3.82. The number of allylic oxidation sites excluding steroid dienone is 2. The minimum Gasteiger partial charge on any atom is -0.437 e. The van der Waals surface area contributed by atoms with Crippen LogP contribution in [0.4, 0.5) is 27.2 Å². The van der Waals surface area contributed by atoms with E-state index in [1.54, 1.807) is 0 Å². The molecule has 2 aromatic carbocycles. The summed E-state index contributed by atoms with van der Waals surface area (Å²) >= 11 is 0. The van der Waals surface area contributed by atoms with Crippen molar-refractivity contribution in [3.63, 3.8) is 0 Å². The molecule has 0 saturated heterocycles. The van der Waals surface area contributed by atoms with Gasteiger partial charge < -0.3 is 18.9 Å². The van der Waals surface area contributed by atoms with Crippen LogP contribution in [0, 0.1) is 11.7 Å². The van der Waals surface area contributed by atoms with Crippen molar-refractivity contribution in [1.82, 2.24) is 0 Å². The number of benzene rings is 2. The molecule has 0 amide bonds. The maximum atomic E-state index is 13.8. The van der Waals surface area contributed by atoms with Crippen LogP contribution in [0.25, 0.3) is 0 Å². The van der Waals surface area contributed by atoms with E-state index in [2.05, 4.69) is 9.47 Å². The Morgan fingerprint density at radius 3 is 2.00 bits per heavy atom. The molecule has 0 saturated carbocycles. The van der Waals surface area contributed by atoms with Crippen molar-refractivity contribution in [3.05, 3.63) is 93.7 Å². The highest BCUT2D eigenvalue weighted by Crippen LogP contribution is 2.46. The number of halogens is 4. The van der Waals surface area contributed by atoms with Crippen molar-refractivity contribution in [2.24, 2.45) is 5.92 Å². The summed E-state index contributed by atoms with van der Waals surface area (Å²) in [5.41, 5.74) is 1.81. The van der Waals surface area contributed by atoms with Gasteiger partial charge in [-0.05, 0) is 47.7 Å². The number of rotatable bonds is 6. The lowest BCUT2D eigenvalue weighted by Crippen LogP contribution is -2.25. The Morgan fingerprint density at radius 1 is 0.919 bits per heavy atom. The Kier molecular flexibility index (Phi) is 8.62. The van der Waals surface area contributed by atoms with Crippen LogP contribution in [0.2, 0.25) is 0 Å². The molecule has 0 bridgehead atoms. The summed E-state index contributed by atoms with van der Waals surface area (Å²) in [6, 6.07) is 10.2. The summed E-state index contributed by atoms with van der Waals surface area (Å²) in [6.07, 6.45) is -6.34. The molecular formula is C27H26F4O6. The van der Waals surface area contributed by atoms with Gasteiger partial charge in [-0.25, -0.2) is 14.0 Å². The van der Waals surface area contributed by atoms with Gasteiger partial charge in [0.25, 0.3) is 0 Å². The first-order valence-electron chi connectivity index (χ1n) is 11.3. The van der Waals surface area contributed by atoms with Gasteiger partial charge in [-0.3, -0.25) is 0 Å². The Labute approximate surface area is 211 Å².